The number of hydrogen-bond donors (Lipinski definition) is 1. The molecule has 0 spiro atoms. The van der Waals surface area contributed by atoms with Crippen LogP contribution in [0.15, 0.2) is 51.2 Å². The Morgan fingerprint density at radius 2 is 2.09 bits per heavy atom. The van der Waals surface area contributed by atoms with Gasteiger partial charge in [0.05, 0.1) is 11.1 Å². The minimum absolute atomic E-state index is 0.239. The molecule has 23 heavy (non-hydrogen) atoms. The van der Waals surface area contributed by atoms with E-state index in [1.54, 1.807) is 31.3 Å². The zero-order valence-corrected chi connectivity index (χ0v) is 14.4. The molecule has 0 radical (unpaired) electrons. The first-order valence-corrected chi connectivity index (χ1v) is 9.42. The lowest BCUT2D eigenvalue weighted by Crippen LogP contribution is -2.11. The molecule has 120 valence electrons. The molecule has 0 saturated heterocycles. The van der Waals surface area contributed by atoms with Gasteiger partial charge >= 0.3 is 0 Å². The number of nitrogens with one attached hydrogen (secondary N) is 1. The summed E-state index contributed by atoms with van der Waals surface area (Å²) in [6.45, 7) is 3.77. The standard InChI is InChI=1S/C16H16N2O3S2/c1-3-12-5-4-6-13(9-12)18-23(19,20)16-8-7-15(22-16)14-10-17-11(2)21-14/h4-10,18H,3H2,1-2H3. The molecule has 2 heterocycles. The average molecular weight is 348 g/mol. The maximum absolute atomic E-state index is 12.5. The molecule has 0 aliphatic rings. The third kappa shape index (κ3) is 3.46. The number of oxazole rings is 1. The summed E-state index contributed by atoms with van der Waals surface area (Å²) in [6, 6.07) is 10.7. The van der Waals surface area contributed by atoms with E-state index in [0.717, 1.165) is 28.2 Å². The van der Waals surface area contributed by atoms with E-state index in [1.165, 1.54) is 0 Å². The second-order valence-corrected chi connectivity index (χ2v) is 8.01. The Kier molecular flexibility index (Phi) is 4.23. The summed E-state index contributed by atoms with van der Waals surface area (Å²) in [5.74, 6) is 1.12. The summed E-state index contributed by atoms with van der Waals surface area (Å²) >= 11 is 1.15. The molecule has 0 amide bonds. The molecule has 3 aromatic rings. The molecular weight excluding hydrogens is 332 g/mol. The fraction of sp³-hybridized carbons (Fsp3) is 0.188. The van der Waals surface area contributed by atoms with Crippen molar-refractivity contribution in [3.8, 4) is 10.6 Å². The maximum atomic E-state index is 12.5. The number of nitrogens with zero attached hydrogens (tertiary/aromatic N) is 1. The van der Waals surface area contributed by atoms with E-state index >= 15 is 0 Å². The summed E-state index contributed by atoms with van der Waals surface area (Å²) < 4.78 is 33.3. The maximum Gasteiger partial charge on any atom is 0.271 e. The van der Waals surface area contributed by atoms with Crippen LogP contribution in [0.4, 0.5) is 5.69 Å². The van der Waals surface area contributed by atoms with Crippen molar-refractivity contribution in [2.75, 3.05) is 4.72 Å². The van der Waals surface area contributed by atoms with Gasteiger partial charge in [0.2, 0.25) is 0 Å². The van der Waals surface area contributed by atoms with Crippen LogP contribution in [-0.2, 0) is 16.4 Å². The van der Waals surface area contributed by atoms with E-state index in [1.807, 2.05) is 25.1 Å². The van der Waals surface area contributed by atoms with Crippen molar-refractivity contribution in [2.45, 2.75) is 24.5 Å². The Morgan fingerprint density at radius 1 is 1.26 bits per heavy atom. The topological polar surface area (TPSA) is 72.2 Å². The van der Waals surface area contributed by atoms with Gasteiger partial charge < -0.3 is 4.42 Å². The summed E-state index contributed by atoms with van der Waals surface area (Å²) in [5, 5.41) is 0. The van der Waals surface area contributed by atoms with Crippen LogP contribution in [0.2, 0.25) is 0 Å². The van der Waals surface area contributed by atoms with E-state index in [-0.39, 0.29) is 4.21 Å². The van der Waals surface area contributed by atoms with Gasteiger partial charge in [-0.3, -0.25) is 4.72 Å². The molecule has 0 fully saturated rings. The van der Waals surface area contributed by atoms with Gasteiger partial charge in [-0.25, -0.2) is 13.4 Å². The van der Waals surface area contributed by atoms with Crippen LogP contribution in [0.25, 0.3) is 10.6 Å². The van der Waals surface area contributed by atoms with E-state index in [9.17, 15) is 8.42 Å². The molecule has 7 heteroatoms. The van der Waals surface area contributed by atoms with Crippen molar-refractivity contribution in [3.63, 3.8) is 0 Å². The zero-order valence-electron chi connectivity index (χ0n) is 12.7. The van der Waals surface area contributed by atoms with Crippen LogP contribution in [0.5, 0.6) is 0 Å². The molecule has 0 atom stereocenters. The Balaban J connectivity index is 1.86. The monoisotopic (exact) mass is 348 g/mol. The van der Waals surface area contributed by atoms with Crippen molar-refractivity contribution in [3.05, 3.63) is 54.0 Å². The summed E-state index contributed by atoms with van der Waals surface area (Å²) in [5.41, 5.74) is 1.64. The highest BCUT2D eigenvalue weighted by Gasteiger charge is 2.18. The van der Waals surface area contributed by atoms with E-state index < -0.39 is 10.0 Å². The number of thiophene rings is 1. The number of hydrogen-bond acceptors (Lipinski definition) is 5. The number of aromatic nitrogens is 1. The molecule has 0 bridgehead atoms. The van der Waals surface area contributed by atoms with Gasteiger partial charge in [-0.2, -0.15) is 0 Å². The first-order valence-electron chi connectivity index (χ1n) is 7.12. The Morgan fingerprint density at radius 3 is 2.78 bits per heavy atom. The number of benzene rings is 1. The SMILES string of the molecule is CCc1cccc(NS(=O)(=O)c2ccc(-c3cnc(C)o3)s2)c1. The van der Waals surface area contributed by atoms with Gasteiger partial charge in [0.1, 0.15) is 4.21 Å². The van der Waals surface area contributed by atoms with Gasteiger partial charge in [0.25, 0.3) is 10.0 Å². The van der Waals surface area contributed by atoms with Gasteiger partial charge in [-0.05, 0) is 36.2 Å². The molecule has 1 N–H and O–H groups in total. The van der Waals surface area contributed by atoms with Gasteiger partial charge in [-0.1, -0.05) is 19.1 Å². The van der Waals surface area contributed by atoms with Gasteiger partial charge in [0.15, 0.2) is 11.7 Å². The predicted octanol–water partition coefficient (Wildman–Crippen LogP) is 4.07. The number of sulfonamides is 1. The first-order chi connectivity index (χ1) is 11.0. The second-order valence-electron chi connectivity index (χ2n) is 5.02. The molecule has 1 aromatic carbocycles. The van der Waals surface area contributed by atoms with Crippen LogP contribution in [0.3, 0.4) is 0 Å². The third-order valence-electron chi connectivity index (χ3n) is 3.30. The van der Waals surface area contributed by atoms with Crippen molar-refractivity contribution in [1.82, 2.24) is 4.98 Å². The highest BCUT2D eigenvalue weighted by molar-refractivity contribution is 7.94. The minimum atomic E-state index is -3.61. The summed E-state index contributed by atoms with van der Waals surface area (Å²) in [7, 11) is -3.61. The van der Waals surface area contributed by atoms with Crippen molar-refractivity contribution >= 4 is 27.0 Å². The van der Waals surface area contributed by atoms with Crippen LogP contribution in [0.1, 0.15) is 18.4 Å². The highest BCUT2D eigenvalue weighted by Crippen LogP contribution is 2.32. The van der Waals surface area contributed by atoms with E-state index in [2.05, 4.69) is 9.71 Å². The Hall–Kier alpha value is -2.12. The lowest BCUT2D eigenvalue weighted by Gasteiger charge is -2.07. The van der Waals surface area contributed by atoms with Gasteiger partial charge in [0, 0.05) is 12.6 Å². The Bertz CT molecular complexity index is 926. The molecule has 0 unspecified atom stereocenters. The summed E-state index contributed by atoms with van der Waals surface area (Å²) in [4.78, 5) is 4.76. The quantitative estimate of drug-likeness (QED) is 0.754. The smallest absolute Gasteiger partial charge is 0.271 e. The van der Waals surface area contributed by atoms with Crippen LogP contribution < -0.4 is 4.72 Å². The molecule has 5 nitrogen and oxygen atoms in total. The van der Waals surface area contributed by atoms with Crippen molar-refractivity contribution in [1.29, 1.82) is 0 Å². The number of aryl methyl sites for hydroxylation is 2. The predicted molar refractivity (Wildman–Crippen MR) is 91.2 cm³/mol. The van der Waals surface area contributed by atoms with Crippen LogP contribution in [-0.4, -0.2) is 13.4 Å². The Labute approximate surface area is 139 Å². The lowest BCUT2D eigenvalue weighted by atomic mass is 10.1. The first kappa shape index (κ1) is 15.8. The van der Waals surface area contributed by atoms with Crippen molar-refractivity contribution in [2.24, 2.45) is 0 Å². The molecular formula is C16H16N2O3S2. The van der Waals surface area contributed by atoms with E-state index in [0.29, 0.717) is 17.3 Å². The van der Waals surface area contributed by atoms with Crippen LogP contribution in [0, 0.1) is 6.92 Å². The minimum Gasteiger partial charge on any atom is -0.440 e. The van der Waals surface area contributed by atoms with E-state index in [4.69, 9.17) is 4.42 Å². The molecule has 0 aliphatic carbocycles. The van der Waals surface area contributed by atoms with Gasteiger partial charge in [-0.15, -0.1) is 11.3 Å². The highest BCUT2D eigenvalue weighted by atomic mass is 32.2. The fourth-order valence-electron chi connectivity index (χ4n) is 2.13. The fourth-order valence-corrected chi connectivity index (χ4v) is 4.43. The largest absolute Gasteiger partial charge is 0.440 e. The number of anilines is 1. The molecule has 2 aromatic heterocycles. The van der Waals surface area contributed by atoms with Crippen molar-refractivity contribution < 1.29 is 12.8 Å². The second kappa shape index (κ2) is 6.17. The normalized spacial score (nSPS) is 11.6. The molecule has 0 aliphatic heterocycles. The average Bonchev–Trinajstić information content (AvgIpc) is 3.16. The summed E-state index contributed by atoms with van der Waals surface area (Å²) in [6.07, 6.45) is 2.44. The number of rotatable bonds is 5. The lowest BCUT2D eigenvalue weighted by molar-refractivity contribution is 0.535. The third-order valence-corrected chi connectivity index (χ3v) is 6.27. The van der Waals surface area contributed by atoms with Crippen LogP contribution >= 0.6 is 11.3 Å². The molecule has 0 saturated carbocycles. The zero-order chi connectivity index (χ0) is 16.4. The molecule has 3 rings (SSSR count).